The topological polar surface area (TPSA) is 12.0 Å². The van der Waals surface area contributed by atoms with Gasteiger partial charge in [0.15, 0.2) is 0 Å². The van der Waals surface area contributed by atoms with Crippen molar-refractivity contribution in [3.8, 4) is 0 Å². The van der Waals surface area contributed by atoms with Gasteiger partial charge in [0.1, 0.15) is 0 Å². The lowest BCUT2D eigenvalue weighted by Crippen LogP contribution is -2.50. The number of benzene rings is 1. The lowest BCUT2D eigenvalue weighted by Gasteiger charge is -2.47. The molecule has 1 aromatic rings. The van der Waals surface area contributed by atoms with Crippen LogP contribution in [0.25, 0.3) is 0 Å². The summed E-state index contributed by atoms with van der Waals surface area (Å²) in [5.74, 6) is 0. The third-order valence-corrected chi connectivity index (χ3v) is 4.99. The molecule has 18 heavy (non-hydrogen) atoms. The Morgan fingerprint density at radius 1 is 1.28 bits per heavy atom. The van der Waals surface area contributed by atoms with E-state index in [1.807, 2.05) is 0 Å². The number of piperidine rings is 1. The van der Waals surface area contributed by atoms with Crippen molar-refractivity contribution in [3.63, 3.8) is 0 Å². The molecule has 1 N–H and O–H groups in total. The molecule has 1 nitrogen and oxygen atoms in total. The Labute approximate surface area is 111 Å². The first-order valence-corrected chi connectivity index (χ1v) is 7.66. The molecule has 1 aliphatic carbocycles. The summed E-state index contributed by atoms with van der Waals surface area (Å²) >= 11 is 0. The fraction of sp³-hybridized carbons (Fsp3) is 0.647. The molecule has 0 aromatic heterocycles. The zero-order valence-corrected chi connectivity index (χ0v) is 11.5. The van der Waals surface area contributed by atoms with Gasteiger partial charge in [-0.1, -0.05) is 50.5 Å². The summed E-state index contributed by atoms with van der Waals surface area (Å²) in [7, 11) is 0. The predicted octanol–water partition coefficient (Wildman–Crippen LogP) is 3.81. The minimum atomic E-state index is 0.500. The Morgan fingerprint density at radius 3 is 3.06 bits per heavy atom. The van der Waals surface area contributed by atoms with E-state index in [4.69, 9.17) is 0 Å². The first kappa shape index (κ1) is 12.2. The lowest BCUT2D eigenvalue weighted by molar-refractivity contribution is 0.212. The molecule has 0 radical (unpaired) electrons. The van der Waals surface area contributed by atoms with Crippen molar-refractivity contribution in [1.82, 2.24) is 5.32 Å². The summed E-state index contributed by atoms with van der Waals surface area (Å²) in [6.07, 6.45) is 9.47. The molecule has 0 saturated carbocycles. The van der Waals surface area contributed by atoms with Crippen LogP contribution in [0.5, 0.6) is 0 Å². The van der Waals surface area contributed by atoms with E-state index in [9.17, 15) is 0 Å². The van der Waals surface area contributed by atoms with Crippen LogP contribution >= 0.6 is 0 Å². The van der Waals surface area contributed by atoms with Crippen LogP contribution in [0.1, 0.15) is 56.6 Å². The molecule has 98 valence electrons. The number of nitrogens with one attached hydrogen (secondary N) is 1. The first-order valence-electron chi connectivity index (χ1n) is 7.66. The van der Waals surface area contributed by atoms with Gasteiger partial charge in [0.05, 0.1) is 0 Å². The van der Waals surface area contributed by atoms with Crippen LogP contribution in [0.15, 0.2) is 24.3 Å². The average Bonchev–Trinajstić information content (AvgIpc) is 2.39. The van der Waals surface area contributed by atoms with Crippen LogP contribution in [0.3, 0.4) is 0 Å². The third kappa shape index (κ3) is 2.09. The van der Waals surface area contributed by atoms with Crippen molar-refractivity contribution >= 4 is 0 Å². The average molecular weight is 243 g/mol. The van der Waals surface area contributed by atoms with Crippen LogP contribution in [0, 0.1) is 0 Å². The quantitative estimate of drug-likeness (QED) is 0.793. The van der Waals surface area contributed by atoms with Crippen molar-refractivity contribution < 1.29 is 0 Å². The van der Waals surface area contributed by atoms with Gasteiger partial charge >= 0.3 is 0 Å². The molecule has 0 spiro atoms. The number of hydrogen-bond donors (Lipinski definition) is 1. The maximum Gasteiger partial charge on any atom is 0.0116 e. The largest absolute Gasteiger partial charge is 0.314 e. The maximum absolute atomic E-state index is 3.71. The second-order valence-electron chi connectivity index (χ2n) is 6.20. The van der Waals surface area contributed by atoms with Gasteiger partial charge in [0.25, 0.3) is 0 Å². The van der Waals surface area contributed by atoms with Gasteiger partial charge in [0, 0.05) is 6.04 Å². The van der Waals surface area contributed by atoms with Gasteiger partial charge in [-0.15, -0.1) is 0 Å². The predicted molar refractivity (Wildman–Crippen MR) is 77.0 cm³/mol. The summed E-state index contributed by atoms with van der Waals surface area (Å²) < 4.78 is 0. The van der Waals surface area contributed by atoms with Crippen LogP contribution in [0.4, 0.5) is 0 Å². The molecular weight excluding hydrogens is 218 g/mol. The zero-order valence-electron chi connectivity index (χ0n) is 11.5. The minimum absolute atomic E-state index is 0.500. The molecule has 1 saturated heterocycles. The van der Waals surface area contributed by atoms with Gasteiger partial charge in [-0.25, -0.2) is 0 Å². The first-order chi connectivity index (χ1) is 8.84. The summed E-state index contributed by atoms with van der Waals surface area (Å²) in [6, 6.07) is 9.93. The van der Waals surface area contributed by atoms with Gasteiger partial charge in [0.2, 0.25) is 0 Å². The maximum atomic E-state index is 3.71. The fourth-order valence-corrected chi connectivity index (χ4v) is 4.11. The highest BCUT2D eigenvalue weighted by atomic mass is 14.9. The number of unbranched alkanes of at least 4 members (excludes halogenated alkanes) is 2. The van der Waals surface area contributed by atoms with Crippen LogP contribution in [-0.4, -0.2) is 12.6 Å². The summed E-state index contributed by atoms with van der Waals surface area (Å²) in [4.78, 5) is 0. The number of hydrogen-bond acceptors (Lipinski definition) is 1. The highest BCUT2D eigenvalue weighted by molar-refractivity contribution is 5.39. The van der Waals surface area contributed by atoms with E-state index in [1.165, 1.54) is 51.5 Å². The molecule has 2 bridgehead atoms. The highest BCUT2D eigenvalue weighted by Gasteiger charge is 2.41. The molecule has 1 heterocycles. The Hall–Kier alpha value is -0.820. The van der Waals surface area contributed by atoms with E-state index in [0.717, 1.165) is 6.04 Å². The summed E-state index contributed by atoms with van der Waals surface area (Å²) in [5.41, 5.74) is 3.79. The summed E-state index contributed by atoms with van der Waals surface area (Å²) in [5, 5.41) is 3.71. The van der Waals surface area contributed by atoms with Crippen molar-refractivity contribution in [3.05, 3.63) is 35.4 Å². The van der Waals surface area contributed by atoms with Gasteiger partial charge in [-0.2, -0.15) is 0 Å². The van der Waals surface area contributed by atoms with Crippen molar-refractivity contribution in [2.24, 2.45) is 0 Å². The molecular formula is C17H25N. The van der Waals surface area contributed by atoms with Crippen LogP contribution in [0.2, 0.25) is 0 Å². The second kappa shape index (κ2) is 5.05. The fourth-order valence-electron chi connectivity index (χ4n) is 4.11. The minimum Gasteiger partial charge on any atom is -0.314 e. The van der Waals surface area contributed by atoms with E-state index in [0.29, 0.717) is 5.41 Å². The van der Waals surface area contributed by atoms with E-state index in [-0.39, 0.29) is 0 Å². The van der Waals surface area contributed by atoms with Gasteiger partial charge in [-0.3, -0.25) is 0 Å². The number of rotatable bonds is 4. The van der Waals surface area contributed by atoms with Crippen molar-refractivity contribution in [2.45, 2.75) is 63.3 Å². The summed E-state index contributed by atoms with van der Waals surface area (Å²) in [6.45, 7) is 3.52. The van der Waals surface area contributed by atoms with Gasteiger partial charge in [-0.05, 0) is 48.8 Å². The molecule has 2 atom stereocenters. The second-order valence-corrected chi connectivity index (χ2v) is 6.20. The Bertz CT molecular complexity index is 412. The molecule has 3 rings (SSSR count). The molecule has 0 amide bonds. The Kier molecular flexibility index (Phi) is 3.43. The molecule has 1 aliphatic heterocycles. The van der Waals surface area contributed by atoms with E-state index >= 15 is 0 Å². The van der Waals surface area contributed by atoms with Crippen LogP contribution < -0.4 is 5.32 Å². The smallest absolute Gasteiger partial charge is 0.0116 e. The van der Waals surface area contributed by atoms with E-state index in [1.54, 1.807) is 11.1 Å². The molecule has 1 fully saturated rings. The molecule has 1 aromatic carbocycles. The van der Waals surface area contributed by atoms with Crippen molar-refractivity contribution in [2.75, 3.05) is 6.54 Å². The normalized spacial score (nSPS) is 29.9. The SMILES string of the molecule is CCCCC[C@@]12CCN[C@@H](Cc3ccccc31)C2. The molecule has 0 unspecified atom stereocenters. The van der Waals surface area contributed by atoms with Crippen molar-refractivity contribution in [1.29, 1.82) is 0 Å². The zero-order chi connectivity index (χ0) is 12.4. The lowest BCUT2D eigenvalue weighted by atomic mass is 9.62. The monoisotopic (exact) mass is 243 g/mol. The third-order valence-electron chi connectivity index (χ3n) is 4.99. The molecule has 2 aliphatic rings. The molecule has 1 heteroatoms. The van der Waals surface area contributed by atoms with E-state index < -0.39 is 0 Å². The highest BCUT2D eigenvalue weighted by Crippen LogP contribution is 2.45. The van der Waals surface area contributed by atoms with Gasteiger partial charge < -0.3 is 5.32 Å². The Morgan fingerprint density at radius 2 is 2.17 bits per heavy atom. The standard InChI is InChI=1S/C17H25N/c1-2-3-6-9-17-10-11-18-15(13-17)12-14-7-4-5-8-16(14)17/h4-5,7-8,15,18H,2-3,6,9-13H2,1H3/t15-,17-/m0/s1. The van der Waals surface area contributed by atoms with Crippen LogP contribution in [-0.2, 0) is 11.8 Å². The number of fused-ring (bicyclic) bond motifs is 4. The Balaban J connectivity index is 1.90. The van der Waals surface area contributed by atoms with E-state index in [2.05, 4.69) is 36.5 Å².